The number of likely N-dealkylation sites (tertiary alicyclic amines) is 1. The normalized spacial score (nSPS) is 25.1. The van der Waals surface area contributed by atoms with E-state index in [1.165, 1.54) is 0 Å². The van der Waals surface area contributed by atoms with Gasteiger partial charge in [0.15, 0.2) is 0 Å². The third-order valence-corrected chi connectivity index (χ3v) is 3.63. The van der Waals surface area contributed by atoms with Crippen LogP contribution in [0.2, 0.25) is 0 Å². The Balaban J connectivity index is 1.99. The van der Waals surface area contributed by atoms with Gasteiger partial charge in [0, 0.05) is 13.0 Å². The average Bonchev–Trinajstić information content (AvgIpc) is 2.97. The molecule has 2 rings (SSSR count). The average molecular weight is 239 g/mol. The third-order valence-electron chi connectivity index (χ3n) is 3.63. The van der Waals surface area contributed by atoms with Crippen molar-refractivity contribution >= 4 is 0 Å². The molecule has 1 saturated heterocycles. The number of aryl methyl sites for hydroxylation is 1. The second kappa shape index (κ2) is 5.14. The minimum Gasteiger partial charge on any atom is -0.424 e. The summed E-state index contributed by atoms with van der Waals surface area (Å²) in [6.45, 7) is 7.84. The first-order valence-electron chi connectivity index (χ1n) is 6.36. The molecule has 0 radical (unpaired) electrons. The van der Waals surface area contributed by atoms with Gasteiger partial charge in [-0.2, -0.15) is 0 Å². The summed E-state index contributed by atoms with van der Waals surface area (Å²) in [7, 11) is 0. The molecule has 3 atom stereocenters. The van der Waals surface area contributed by atoms with E-state index in [-0.39, 0.29) is 12.1 Å². The Bertz CT molecular complexity index is 364. The van der Waals surface area contributed by atoms with Crippen LogP contribution in [0.15, 0.2) is 4.42 Å². The zero-order valence-corrected chi connectivity index (χ0v) is 10.8. The van der Waals surface area contributed by atoms with Crippen molar-refractivity contribution in [3.8, 4) is 0 Å². The van der Waals surface area contributed by atoms with E-state index in [9.17, 15) is 5.11 Å². The molecule has 2 heterocycles. The fraction of sp³-hybridized carbons (Fsp3) is 0.833. The highest BCUT2D eigenvalue weighted by molar-refractivity contribution is 4.92. The van der Waals surface area contributed by atoms with Crippen LogP contribution < -0.4 is 0 Å². The van der Waals surface area contributed by atoms with Crippen LogP contribution in [-0.4, -0.2) is 39.4 Å². The summed E-state index contributed by atoms with van der Waals surface area (Å²) < 4.78 is 5.58. The van der Waals surface area contributed by atoms with E-state index in [4.69, 9.17) is 4.42 Å². The first kappa shape index (κ1) is 12.5. The van der Waals surface area contributed by atoms with Crippen molar-refractivity contribution in [3.63, 3.8) is 0 Å². The minimum absolute atomic E-state index is 0.145. The van der Waals surface area contributed by atoms with Crippen molar-refractivity contribution in [2.24, 2.45) is 5.92 Å². The van der Waals surface area contributed by atoms with Crippen molar-refractivity contribution in [3.05, 3.63) is 11.8 Å². The van der Waals surface area contributed by atoms with Gasteiger partial charge in [-0.25, -0.2) is 0 Å². The van der Waals surface area contributed by atoms with Crippen LogP contribution in [0.25, 0.3) is 0 Å². The maximum absolute atomic E-state index is 9.59. The van der Waals surface area contributed by atoms with Gasteiger partial charge in [-0.05, 0) is 32.7 Å². The number of aliphatic hydroxyl groups is 1. The highest BCUT2D eigenvalue weighted by Crippen LogP contribution is 2.28. The van der Waals surface area contributed by atoms with E-state index in [1.807, 2.05) is 13.8 Å². The van der Waals surface area contributed by atoms with E-state index < -0.39 is 0 Å². The van der Waals surface area contributed by atoms with E-state index in [2.05, 4.69) is 22.0 Å². The van der Waals surface area contributed by atoms with Gasteiger partial charge in [0.1, 0.15) is 0 Å². The van der Waals surface area contributed by atoms with Crippen molar-refractivity contribution in [2.45, 2.75) is 45.8 Å². The Morgan fingerprint density at radius 2 is 2.24 bits per heavy atom. The molecule has 1 aliphatic heterocycles. The third kappa shape index (κ3) is 2.66. The van der Waals surface area contributed by atoms with Gasteiger partial charge in [0.25, 0.3) is 0 Å². The highest BCUT2D eigenvalue weighted by atomic mass is 16.4. The van der Waals surface area contributed by atoms with Crippen LogP contribution >= 0.6 is 0 Å². The monoisotopic (exact) mass is 239 g/mol. The molecule has 1 N–H and O–H groups in total. The van der Waals surface area contributed by atoms with Crippen LogP contribution in [0.1, 0.15) is 45.0 Å². The standard InChI is InChI=1S/C12H21N3O2/c1-4-11-13-14-12(17-11)8(2)15-6-5-10(7-15)9(3)16/h8-10,16H,4-7H2,1-3H3. The van der Waals surface area contributed by atoms with Crippen LogP contribution in [0.3, 0.4) is 0 Å². The number of hydrogen-bond donors (Lipinski definition) is 1. The summed E-state index contributed by atoms with van der Waals surface area (Å²) in [6, 6.07) is 0.145. The quantitative estimate of drug-likeness (QED) is 0.860. The van der Waals surface area contributed by atoms with Gasteiger partial charge in [0.05, 0.1) is 12.1 Å². The summed E-state index contributed by atoms with van der Waals surface area (Å²) in [5, 5.41) is 17.7. The van der Waals surface area contributed by atoms with Crippen LogP contribution in [0.5, 0.6) is 0 Å². The highest BCUT2D eigenvalue weighted by Gasteiger charge is 2.31. The molecule has 0 bridgehead atoms. The van der Waals surface area contributed by atoms with Crippen molar-refractivity contribution in [1.82, 2.24) is 15.1 Å². The Hall–Kier alpha value is -0.940. The molecule has 0 aromatic carbocycles. The number of nitrogens with zero attached hydrogens (tertiary/aromatic N) is 3. The maximum atomic E-state index is 9.59. The van der Waals surface area contributed by atoms with Crippen molar-refractivity contribution in [2.75, 3.05) is 13.1 Å². The Morgan fingerprint density at radius 3 is 2.76 bits per heavy atom. The summed E-state index contributed by atoms with van der Waals surface area (Å²) in [5.41, 5.74) is 0. The van der Waals surface area contributed by atoms with Gasteiger partial charge in [-0.3, -0.25) is 4.90 Å². The second-order valence-corrected chi connectivity index (χ2v) is 4.85. The summed E-state index contributed by atoms with van der Waals surface area (Å²) in [5.74, 6) is 1.75. The maximum Gasteiger partial charge on any atom is 0.233 e. The molecular formula is C12H21N3O2. The molecule has 1 aromatic heterocycles. The fourth-order valence-electron chi connectivity index (χ4n) is 2.30. The smallest absolute Gasteiger partial charge is 0.233 e. The molecule has 0 saturated carbocycles. The summed E-state index contributed by atoms with van der Waals surface area (Å²) in [6.07, 6.45) is 1.58. The molecule has 0 aliphatic carbocycles. The first-order chi connectivity index (χ1) is 8.11. The Kier molecular flexibility index (Phi) is 3.79. The topological polar surface area (TPSA) is 62.4 Å². The molecular weight excluding hydrogens is 218 g/mol. The van der Waals surface area contributed by atoms with E-state index in [0.717, 1.165) is 25.9 Å². The molecule has 96 valence electrons. The van der Waals surface area contributed by atoms with Gasteiger partial charge >= 0.3 is 0 Å². The molecule has 1 aromatic rings. The number of hydrogen-bond acceptors (Lipinski definition) is 5. The molecule has 0 spiro atoms. The molecule has 3 unspecified atom stereocenters. The van der Waals surface area contributed by atoms with Gasteiger partial charge in [-0.1, -0.05) is 6.92 Å². The van der Waals surface area contributed by atoms with Crippen LogP contribution in [0.4, 0.5) is 0 Å². The zero-order valence-electron chi connectivity index (χ0n) is 10.8. The lowest BCUT2D eigenvalue weighted by molar-refractivity contribution is 0.120. The lowest BCUT2D eigenvalue weighted by Gasteiger charge is -2.21. The Labute approximate surface area is 102 Å². The van der Waals surface area contributed by atoms with Gasteiger partial charge < -0.3 is 9.52 Å². The predicted octanol–water partition coefficient (Wildman–Crippen LogP) is 1.40. The van der Waals surface area contributed by atoms with Crippen LogP contribution in [0, 0.1) is 5.92 Å². The number of rotatable bonds is 4. The summed E-state index contributed by atoms with van der Waals surface area (Å²) >= 11 is 0. The Morgan fingerprint density at radius 1 is 1.47 bits per heavy atom. The van der Waals surface area contributed by atoms with Gasteiger partial charge in [-0.15, -0.1) is 10.2 Å². The number of aromatic nitrogens is 2. The minimum atomic E-state index is -0.235. The van der Waals surface area contributed by atoms with Crippen LogP contribution in [-0.2, 0) is 6.42 Å². The molecule has 17 heavy (non-hydrogen) atoms. The summed E-state index contributed by atoms with van der Waals surface area (Å²) in [4.78, 5) is 2.30. The molecule has 0 amide bonds. The molecule has 1 fully saturated rings. The molecule has 1 aliphatic rings. The van der Waals surface area contributed by atoms with E-state index in [0.29, 0.717) is 17.7 Å². The van der Waals surface area contributed by atoms with Crippen molar-refractivity contribution in [1.29, 1.82) is 0 Å². The number of aliphatic hydroxyl groups excluding tert-OH is 1. The van der Waals surface area contributed by atoms with Gasteiger partial charge in [0.2, 0.25) is 11.8 Å². The SMILES string of the molecule is CCc1nnc(C(C)N2CCC(C(C)O)C2)o1. The lowest BCUT2D eigenvalue weighted by atomic mass is 10.0. The molecule has 5 nitrogen and oxygen atoms in total. The predicted molar refractivity (Wildman–Crippen MR) is 63.5 cm³/mol. The lowest BCUT2D eigenvalue weighted by Crippen LogP contribution is -2.27. The van der Waals surface area contributed by atoms with E-state index >= 15 is 0 Å². The zero-order chi connectivity index (χ0) is 12.4. The van der Waals surface area contributed by atoms with E-state index in [1.54, 1.807) is 0 Å². The first-order valence-corrected chi connectivity index (χ1v) is 6.36. The van der Waals surface area contributed by atoms with Crippen molar-refractivity contribution < 1.29 is 9.52 Å². The fourth-order valence-corrected chi connectivity index (χ4v) is 2.30. The largest absolute Gasteiger partial charge is 0.424 e. The molecule has 5 heteroatoms. The second-order valence-electron chi connectivity index (χ2n) is 4.85.